The van der Waals surface area contributed by atoms with Gasteiger partial charge in [-0.1, -0.05) is 20.8 Å². The van der Waals surface area contributed by atoms with Crippen molar-refractivity contribution in [1.82, 2.24) is 0 Å². The van der Waals surface area contributed by atoms with Gasteiger partial charge in [0.05, 0.1) is 0 Å². The molecule has 0 aliphatic heterocycles. The third-order valence-electron chi connectivity index (χ3n) is 7.35. The molecular formula is C28H60O6S2Si2. The molecule has 0 aromatic carbocycles. The second-order valence-corrected chi connectivity index (χ2v) is 19.1. The van der Waals surface area contributed by atoms with E-state index < -0.39 is 17.6 Å². The lowest BCUT2D eigenvalue weighted by atomic mass is 9.77. The standard InChI is InChI=1S/C28H60O6S2Si2/c1-10-29-37(30-11-2,31-12-3)22-16-20-35-27-24-26(19-18-25(27)7)28(8,9)36-21-17-23-38(32-13-4,33-14-5)34-15-6/h25-27H,10-24H2,1-9H3. The minimum Gasteiger partial charge on any atom is -0.374 e. The molecule has 1 fully saturated rings. The Labute approximate surface area is 246 Å². The molecule has 3 atom stereocenters. The highest BCUT2D eigenvalue weighted by molar-refractivity contribution is 8.00. The predicted molar refractivity (Wildman–Crippen MR) is 169 cm³/mol. The molecule has 38 heavy (non-hydrogen) atoms. The van der Waals surface area contributed by atoms with Crippen molar-refractivity contribution in [2.24, 2.45) is 11.8 Å². The largest absolute Gasteiger partial charge is 0.500 e. The van der Waals surface area contributed by atoms with E-state index >= 15 is 0 Å². The summed E-state index contributed by atoms with van der Waals surface area (Å²) in [6.45, 7) is 23.5. The van der Waals surface area contributed by atoms with Crippen LogP contribution in [-0.4, -0.2) is 78.8 Å². The summed E-state index contributed by atoms with van der Waals surface area (Å²) >= 11 is 4.30. The Morgan fingerprint density at radius 2 is 1.08 bits per heavy atom. The molecule has 3 unspecified atom stereocenters. The fourth-order valence-corrected chi connectivity index (χ4v) is 13.9. The summed E-state index contributed by atoms with van der Waals surface area (Å²) in [5.74, 6) is 3.80. The van der Waals surface area contributed by atoms with E-state index in [9.17, 15) is 0 Å². The molecule has 228 valence electrons. The van der Waals surface area contributed by atoms with Gasteiger partial charge in [0.25, 0.3) is 0 Å². The van der Waals surface area contributed by atoms with Crippen LogP contribution in [0.15, 0.2) is 0 Å². The van der Waals surface area contributed by atoms with Gasteiger partial charge in [-0.2, -0.15) is 23.5 Å². The Balaban J connectivity index is 2.59. The first-order chi connectivity index (χ1) is 18.2. The monoisotopic (exact) mass is 612 g/mol. The third-order valence-corrected chi connectivity index (χ3v) is 16.8. The van der Waals surface area contributed by atoms with Crippen molar-refractivity contribution >= 4 is 41.1 Å². The van der Waals surface area contributed by atoms with Crippen LogP contribution in [0.3, 0.4) is 0 Å². The normalized spacial score (nSPS) is 21.2. The number of hydrogen-bond donors (Lipinski definition) is 0. The summed E-state index contributed by atoms with van der Waals surface area (Å²) in [7, 11) is -5.07. The van der Waals surface area contributed by atoms with E-state index in [0.717, 1.165) is 53.5 Å². The van der Waals surface area contributed by atoms with Crippen molar-refractivity contribution in [3.63, 3.8) is 0 Å². The maximum Gasteiger partial charge on any atom is 0.500 e. The van der Waals surface area contributed by atoms with Crippen LogP contribution in [0.25, 0.3) is 0 Å². The van der Waals surface area contributed by atoms with Crippen LogP contribution < -0.4 is 0 Å². The molecule has 1 aliphatic rings. The van der Waals surface area contributed by atoms with Crippen molar-refractivity contribution in [3.05, 3.63) is 0 Å². The van der Waals surface area contributed by atoms with E-state index in [1.807, 2.05) is 41.5 Å². The number of thioether (sulfide) groups is 2. The highest BCUT2D eigenvalue weighted by atomic mass is 32.2. The van der Waals surface area contributed by atoms with Crippen LogP contribution in [0.1, 0.15) is 94.4 Å². The average Bonchev–Trinajstić information content (AvgIpc) is 2.86. The maximum atomic E-state index is 6.05. The smallest absolute Gasteiger partial charge is 0.374 e. The summed E-state index contributed by atoms with van der Waals surface area (Å²) in [6, 6.07) is 1.82. The molecule has 0 N–H and O–H groups in total. The molecule has 1 aliphatic carbocycles. The molecule has 0 amide bonds. The Morgan fingerprint density at radius 3 is 1.50 bits per heavy atom. The fourth-order valence-electron chi connectivity index (χ4n) is 5.41. The zero-order valence-corrected chi connectivity index (χ0v) is 29.7. The molecule has 0 spiro atoms. The van der Waals surface area contributed by atoms with Gasteiger partial charge in [-0.3, -0.25) is 0 Å². The van der Waals surface area contributed by atoms with Crippen molar-refractivity contribution < 1.29 is 26.6 Å². The lowest BCUT2D eigenvalue weighted by molar-refractivity contribution is 0.0704. The van der Waals surface area contributed by atoms with Crippen LogP contribution >= 0.6 is 23.5 Å². The van der Waals surface area contributed by atoms with Crippen molar-refractivity contribution in [2.45, 2.75) is 117 Å². The first kappa shape index (κ1) is 36.9. The molecule has 0 heterocycles. The molecule has 10 heteroatoms. The summed E-state index contributed by atoms with van der Waals surface area (Å²) in [6.07, 6.45) is 6.15. The zero-order chi connectivity index (χ0) is 28.5. The second kappa shape index (κ2) is 19.9. The minimum atomic E-state index is -2.54. The third kappa shape index (κ3) is 12.8. The fraction of sp³-hybridized carbons (Fsp3) is 1.00. The molecule has 1 rings (SSSR count). The van der Waals surface area contributed by atoms with Crippen LogP contribution in [0.4, 0.5) is 0 Å². The van der Waals surface area contributed by atoms with Crippen LogP contribution in [0.2, 0.25) is 12.1 Å². The van der Waals surface area contributed by atoms with Gasteiger partial charge in [-0.05, 0) is 97.0 Å². The SMILES string of the molecule is CCO[Si](CCCSC1CC(C(C)(C)SCCC[Si](OCC)(OCC)OCC)CCC1C)(OCC)OCC. The summed E-state index contributed by atoms with van der Waals surface area (Å²) in [4.78, 5) is 0. The molecule has 0 radical (unpaired) electrons. The molecule has 0 bridgehead atoms. The highest BCUT2D eigenvalue weighted by Crippen LogP contribution is 2.46. The summed E-state index contributed by atoms with van der Waals surface area (Å²) in [5, 5.41) is 0.727. The maximum absolute atomic E-state index is 6.05. The van der Waals surface area contributed by atoms with E-state index in [2.05, 4.69) is 44.3 Å². The molecule has 1 saturated carbocycles. The number of rotatable bonds is 23. The first-order valence-electron chi connectivity index (χ1n) is 15.3. The van der Waals surface area contributed by atoms with Gasteiger partial charge in [0, 0.05) is 61.7 Å². The predicted octanol–water partition coefficient (Wildman–Crippen LogP) is 7.91. The van der Waals surface area contributed by atoms with Gasteiger partial charge >= 0.3 is 17.6 Å². The van der Waals surface area contributed by atoms with Gasteiger partial charge in [-0.25, -0.2) is 0 Å². The molecule has 0 aromatic heterocycles. The van der Waals surface area contributed by atoms with Crippen LogP contribution in [-0.2, 0) is 26.6 Å². The zero-order valence-electron chi connectivity index (χ0n) is 26.1. The highest BCUT2D eigenvalue weighted by Gasteiger charge is 2.42. The van der Waals surface area contributed by atoms with Gasteiger partial charge in [0.2, 0.25) is 0 Å². The van der Waals surface area contributed by atoms with E-state index in [-0.39, 0.29) is 4.75 Å². The van der Waals surface area contributed by atoms with E-state index in [4.69, 9.17) is 26.6 Å². The Morgan fingerprint density at radius 1 is 0.658 bits per heavy atom. The Bertz CT molecular complexity index is 568. The topological polar surface area (TPSA) is 55.4 Å². The van der Waals surface area contributed by atoms with Crippen LogP contribution in [0.5, 0.6) is 0 Å². The van der Waals surface area contributed by atoms with Gasteiger partial charge in [-0.15, -0.1) is 0 Å². The van der Waals surface area contributed by atoms with E-state index in [1.54, 1.807) is 0 Å². The van der Waals surface area contributed by atoms with Crippen LogP contribution in [0, 0.1) is 11.8 Å². The number of hydrogen-bond acceptors (Lipinski definition) is 8. The van der Waals surface area contributed by atoms with E-state index in [1.165, 1.54) is 19.3 Å². The molecular weight excluding hydrogens is 553 g/mol. The first-order valence-corrected chi connectivity index (χ1v) is 21.2. The van der Waals surface area contributed by atoms with Gasteiger partial charge in [0.15, 0.2) is 0 Å². The summed E-state index contributed by atoms with van der Waals surface area (Å²) < 4.78 is 36.6. The van der Waals surface area contributed by atoms with Crippen molar-refractivity contribution in [3.8, 4) is 0 Å². The quantitative estimate of drug-likeness (QED) is 0.0852. The lowest BCUT2D eigenvalue weighted by Gasteiger charge is -2.42. The van der Waals surface area contributed by atoms with Gasteiger partial charge in [0.1, 0.15) is 0 Å². The van der Waals surface area contributed by atoms with Crippen molar-refractivity contribution in [2.75, 3.05) is 51.1 Å². The van der Waals surface area contributed by atoms with Gasteiger partial charge < -0.3 is 26.6 Å². The second-order valence-electron chi connectivity index (χ2n) is 10.5. The summed E-state index contributed by atoms with van der Waals surface area (Å²) in [5.41, 5.74) is 0. The van der Waals surface area contributed by atoms with E-state index in [0.29, 0.717) is 39.6 Å². The lowest BCUT2D eigenvalue weighted by Crippen LogP contribution is -2.46. The average molecular weight is 613 g/mol. The van der Waals surface area contributed by atoms with Crippen molar-refractivity contribution in [1.29, 1.82) is 0 Å². The molecule has 6 nitrogen and oxygen atoms in total. The minimum absolute atomic E-state index is 0.271. The molecule has 0 saturated heterocycles. The molecule has 0 aromatic rings. The Hall–Kier alpha value is 0.894. The Kier molecular flexibility index (Phi) is 19.3.